The van der Waals surface area contributed by atoms with Gasteiger partial charge in [-0.2, -0.15) is 0 Å². The Balaban J connectivity index is 2.31. The fourth-order valence-electron chi connectivity index (χ4n) is 1.29. The van der Waals surface area contributed by atoms with Crippen molar-refractivity contribution in [3.05, 3.63) is 34.7 Å². The number of hydrogen-bond donors (Lipinski definition) is 1. The van der Waals surface area contributed by atoms with Crippen molar-refractivity contribution in [2.24, 2.45) is 0 Å². The molecule has 0 fully saturated rings. The monoisotopic (exact) mass is 300 g/mol. The summed E-state index contributed by atoms with van der Waals surface area (Å²) in [5, 5.41) is 4.03. The lowest BCUT2D eigenvalue weighted by Gasteiger charge is -1.99. The summed E-state index contributed by atoms with van der Waals surface area (Å²) in [4.78, 5) is 5.26. The smallest absolute Gasteiger partial charge is 0.183 e. The summed E-state index contributed by atoms with van der Waals surface area (Å²) in [5.74, 6) is -0.250. The van der Waals surface area contributed by atoms with Crippen LogP contribution in [-0.4, -0.2) is 11.5 Å². The van der Waals surface area contributed by atoms with Crippen LogP contribution in [0.3, 0.4) is 0 Å². The maximum Gasteiger partial charge on any atom is 0.183 e. The molecule has 2 rings (SSSR count). The first-order valence-corrected chi connectivity index (χ1v) is 6.46. The van der Waals surface area contributed by atoms with E-state index in [-0.39, 0.29) is 5.82 Å². The van der Waals surface area contributed by atoms with Gasteiger partial charge in [0.05, 0.1) is 9.35 Å². The Morgan fingerprint density at radius 2 is 2.31 bits per heavy atom. The maximum absolute atomic E-state index is 13.1. The summed E-state index contributed by atoms with van der Waals surface area (Å²) in [6.07, 6.45) is 1.79. The topological polar surface area (TPSA) is 24.9 Å². The second kappa shape index (κ2) is 4.93. The molecule has 0 spiro atoms. The molecule has 2 aromatic rings. The quantitative estimate of drug-likeness (QED) is 0.921. The van der Waals surface area contributed by atoms with Gasteiger partial charge in [0, 0.05) is 12.7 Å². The SMILES string of the molecule is CCNc1ncc(-c2ccc(F)c(Br)c2)s1. The lowest BCUT2D eigenvalue weighted by Crippen LogP contribution is -1.94. The third-order valence-corrected chi connectivity index (χ3v) is 3.65. The molecule has 0 saturated carbocycles. The molecule has 0 unspecified atom stereocenters. The van der Waals surface area contributed by atoms with Gasteiger partial charge in [-0.1, -0.05) is 17.4 Å². The summed E-state index contributed by atoms with van der Waals surface area (Å²) in [6.45, 7) is 2.87. The molecule has 0 radical (unpaired) electrons. The lowest BCUT2D eigenvalue weighted by molar-refractivity contribution is 0.621. The standard InChI is InChI=1S/C11H10BrFN2S/c1-2-14-11-15-6-10(16-11)7-3-4-9(13)8(12)5-7/h3-6H,2H2,1H3,(H,14,15). The van der Waals surface area contributed by atoms with Crippen molar-refractivity contribution in [2.75, 3.05) is 11.9 Å². The van der Waals surface area contributed by atoms with Crippen molar-refractivity contribution < 1.29 is 4.39 Å². The number of hydrogen-bond acceptors (Lipinski definition) is 3. The summed E-state index contributed by atoms with van der Waals surface area (Å²) in [6, 6.07) is 4.97. The van der Waals surface area contributed by atoms with Crippen molar-refractivity contribution >= 4 is 32.4 Å². The minimum Gasteiger partial charge on any atom is -0.362 e. The highest BCUT2D eigenvalue weighted by atomic mass is 79.9. The Bertz CT molecular complexity index is 498. The fourth-order valence-corrected chi connectivity index (χ4v) is 2.55. The first-order chi connectivity index (χ1) is 7.70. The largest absolute Gasteiger partial charge is 0.362 e. The summed E-state index contributed by atoms with van der Waals surface area (Å²) in [7, 11) is 0. The Labute approximate surface area is 106 Å². The Morgan fingerprint density at radius 3 is 3.00 bits per heavy atom. The molecule has 0 bridgehead atoms. The van der Waals surface area contributed by atoms with Crippen LogP contribution in [0.15, 0.2) is 28.9 Å². The minimum atomic E-state index is -0.250. The summed E-state index contributed by atoms with van der Waals surface area (Å²) < 4.78 is 13.5. The van der Waals surface area contributed by atoms with Gasteiger partial charge >= 0.3 is 0 Å². The maximum atomic E-state index is 13.1. The van der Waals surface area contributed by atoms with Gasteiger partial charge in [-0.3, -0.25) is 0 Å². The van der Waals surface area contributed by atoms with Crippen LogP contribution in [-0.2, 0) is 0 Å². The number of nitrogens with zero attached hydrogens (tertiary/aromatic N) is 1. The van der Waals surface area contributed by atoms with E-state index in [0.29, 0.717) is 4.47 Å². The van der Waals surface area contributed by atoms with E-state index in [1.165, 1.54) is 6.07 Å². The molecule has 1 aromatic carbocycles. The average Bonchev–Trinajstić information content (AvgIpc) is 2.71. The van der Waals surface area contributed by atoms with Gasteiger partial charge in [-0.25, -0.2) is 9.37 Å². The predicted molar refractivity (Wildman–Crippen MR) is 69.4 cm³/mol. The molecule has 0 aliphatic rings. The van der Waals surface area contributed by atoms with Crippen LogP contribution in [0.1, 0.15) is 6.92 Å². The molecule has 16 heavy (non-hydrogen) atoms. The van der Waals surface area contributed by atoms with Gasteiger partial charge in [-0.05, 0) is 40.5 Å². The van der Waals surface area contributed by atoms with Gasteiger partial charge in [0.2, 0.25) is 0 Å². The van der Waals surface area contributed by atoms with E-state index in [1.807, 2.05) is 6.92 Å². The normalized spacial score (nSPS) is 10.4. The van der Waals surface area contributed by atoms with Crippen molar-refractivity contribution in [2.45, 2.75) is 6.92 Å². The second-order valence-corrected chi connectivity index (χ2v) is 5.07. The number of anilines is 1. The van der Waals surface area contributed by atoms with Gasteiger partial charge in [0.1, 0.15) is 5.82 Å². The van der Waals surface area contributed by atoms with Crippen LogP contribution in [0.4, 0.5) is 9.52 Å². The fraction of sp³-hybridized carbons (Fsp3) is 0.182. The van der Waals surface area contributed by atoms with E-state index in [0.717, 1.165) is 22.1 Å². The van der Waals surface area contributed by atoms with E-state index in [9.17, 15) is 4.39 Å². The van der Waals surface area contributed by atoms with E-state index in [4.69, 9.17) is 0 Å². The molecule has 0 amide bonds. The highest BCUT2D eigenvalue weighted by molar-refractivity contribution is 9.10. The number of rotatable bonds is 3. The van der Waals surface area contributed by atoms with Gasteiger partial charge in [-0.15, -0.1) is 0 Å². The molecule has 0 saturated heterocycles. The number of nitrogens with one attached hydrogen (secondary N) is 1. The Kier molecular flexibility index (Phi) is 3.56. The van der Waals surface area contributed by atoms with Crippen LogP contribution < -0.4 is 5.32 Å². The zero-order chi connectivity index (χ0) is 11.5. The summed E-state index contributed by atoms with van der Waals surface area (Å²) >= 11 is 4.73. The number of halogens is 2. The first-order valence-electron chi connectivity index (χ1n) is 4.86. The third-order valence-electron chi connectivity index (χ3n) is 2.04. The van der Waals surface area contributed by atoms with E-state index in [2.05, 4.69) is 26.2 Å². The average molecular weight is 301 g/mol. The predicted octanol–water partition coefficient (Wildman–Crippen LogP) is 4.14. The minimum absolute atomic E-state index is 0.250. The van der Waals surface area contributed by atoms with Crippen LogP contribution in [0.25, 0.3) is 10.4 Å². The van der Waals surface area contributed by atoms with Crippen LogP contribution in [0.5, 0.6) is 0 Å². The Morgan fingerprint density at radius 1 is 1.50 bits per heavy atom. The zero-order valence-electron chi connectivity index (χ0n) is 8.63. The van der Waals surface area contributed by atoms with Crippen LogP contribution in [0, 0.1) is 5.82 Å². The molecule has 0 atom stereocenters. The second-order valence-electron chi connectivity index (χ2n) is 3.19. The molecule has 84 valence electrons. The molecule has 5 heteroatoms. The lowest BCUT2D eigenvalue weighted by atomic mass is 10.2. The van der Waals surface area contributed by atoms with E-state index in [1.54, 1.807) is 29.7 Å². The first kappa shape index (κ1) is 11.5. The van der Waals surface area contributed by atoms with Crippen molar-refractivity contribution in [1.29, 1.82) is 0 Å². The van der Waals surface area contributed by atoms with Crippen LogP contribution in [0.2, 0.25) is 0 Å². The summed E-state index contributed by atoms with van der Waals surface area (Å²) in [5.41, 5.74) is 0.968. The third kappa shape index (κ3) is 2.41. The van der Waals surface area contributed by atoms with Crippen molar-refractivity contribution in [1.82, 2.24) is 4.98 Å². The molecule has 0 aliphatic carbocycles. The van der Waals surface area contributed by atoms with E-state index < -0.39 is 0 Å². The molecule has 1 heterocycles. The Hall–Kier alpha value is -0.940. The molecule has 2 nitrogen and oxygen atoms in total. The number of aromatic nitrogens is 1. The molecule has 0 aliphatic heterocycles. The highest BCUT2D eigenvalue weighted by Crippen LogP contribution is 2.31. The number of benzene rings is 1. The van der Waals surface area contributed by atoms with Gasteiger partial charge < -0.3 is 5.32 Å². The van der Waals surface area contributed by atoms with Crippen molar-refractivity contribution in [3.63, 3.8) is 0 Å². The van der Waals surface area contributed by atoms with Crippen molar-refractivity contribution in [3.8, 4) is 10.4 Å². The van der Waals surface area contributed by atoms with Gasteiger partial charge in [0.25, 0.3) is 0 Å². The van der Waals surface area contributed by atoms with E-state index >= 15 is 0 Å². The molecule has 1 aromatic heterocycles. The molecular weight excluding hydrogens is 291 g/mol. The van der Waals surface area contributed by atoms with Crippen LogP contribution >= 0.6 is 27.3 Å². The molecular formula is C11H10BrFN2S. The molecule has 1 N–H and O–H groups in total. The van der Waals surface area contributed by atoms with Gasteiger partial charge in [0.15, 0.2) is 5.13 Å². The number of thiazole rings is 1. The zero-order valence-corrected chi connectivity index (χ0v) is 11.0. The highest BCUT2D eigenvalue weighted by Gasteiger charge is 2.06.